The lowest BCUT2D eigenvalue weighted by molar-refractivity contribution is -0.137. The minimum absolute atomic E-state index is 0.00260. The van der Waals surface area contributed by atoms with Crippen molar-refractivity contribution in [2.24, 2.45) is 4.99 Å². The Morgan fingerprint density at radius 1 is 1.25 bits per heavy atom. The molecular weight excluding hydrogens is 441 g/mol. The number of hydrogen-bond acceptors (Lipinski definition) is 8. The lowest BCUT2D eigenvalue weighted by Gasteiger charge is -2.27. The van der Waals surface area contributed by atoms with E-state index in [0.717, 1.165) is 12.1 Å². The Labute approximate surface area is 164 Å². The van der Waals surface area contributed by atoms with E-state index in [1.807, 2.05) is 6.07 Å². The second-order valence-corrected chi connectivity index (χ2v) is 6.49. The number of alkyl halides is 3. The van der Waals surface area contributed by atoms with Crippen molar-refractivity contribution >= 4 is 39.2 Å². The van der Waals surface area contributed by atoms with Gasteiger partial charge in [0.05, 0.1) is 11.3 Å². The van der Waals surface area contributed by atoms with Gasteiger partial charge < -0.3 is 16.8 Å². The van der Waals surface area contributed by atoms with E-state index in [1.165, 1.54) is 6.07 Å². The fraction of sp³-hybridized carbons (Fsp3) is 0.125. The van der Waals surface area contributed by atoms with Crippen molar-refractivity contribution in [2.45, 2.75) is 12.2 Å². The van der Waals surface area contributed by atoms with Gasteiger partial charge in [-0.05, 0) is 17.7 Å². The highest BCUT2D eigenvalue weighted by molar-refractivity contribution is 9.10. The van der Waals surface area contributed by atoms with Crippen molar-refractivity contribution in [1.29, 1.82) is 10.5 Å². The summed E-state index contributed by atoms with van der Waals surface area (Å²) in [7, 11) is 0. The van der Waals surface area contributed by atoms with Gasteiger partial charge in [0.2, 0.25) is 5.96 Å². The van der Waals surface area contributed by atoms with Crippen LogP contribution in [0, 0.1) is 22.8 Å². The van der Waals surface area contributed by atoms with E-state index in [1.54, 1.807) is 6.19 Å². The first kappa shape index (κ1) is 19.3. The van der Waals surface area contributed by atoms with Gasteiger partial charge in [0.25, 0.3) is 0 Å². The van der Waals surface area contributed by atoms with Gasteiger partial charge >= 0.3 is 6.18 Å². The standard InChI is InChI=1S/C16H10BrF3N8/c17-9-3-6(16(18,19)20)1-2-7(9)12-10-11(23)8(4-21)13(24)27-14(10)28-15(26-12)25-5-22/h1-3,12H,(H6,23,24,25,26,27,28). The molecule has 0 spiro atoms. The molecule has 0 amide bonds. The number of benzene rings is 1. The van der Waals surface area contributed by atoms with Crippen LogP contribution in [-0.2, 0) is 6.18 Å². The minimum atomic E-state index is -4.52. The number of nitrogens with zero attached hydrogens (tertiary/aromatic N) is 4. The van der Waals surface area contributed by atoms with Crippen molar-refractivity contribution in [3.8, 4) is 12.3 Å². The van der Waals surface area contributed by atoms with Crippen molar-refractivity contribution in [3.05, 3.63) is 44.9 Å². The molecule has 3 rings (SSSR count). The number of hydrogen-bond donors (Lipinski definition) is 4. The van der Waals surface area contributed by atoms with E-state index < -0.39 is 17.8 Å². The molecule has 1 unspecified atom stereocenters. The molecule has 0 saturated carbocycles. The Morgan fingerprint density at radius 2 is 1.96 bits per heavy atom. The third-order valence-electron chi connectivity index (χ3n) is 3.98. The molecule has 0 radical (unpaired) electrons. The Morgan fingerprint density at radius 3 is 2.54 bits per heavy atom. The van der Waals surface area contributed by atoms with Crippen molar-refractivity contribution in [2.75, 3.05) is 16.8 Å². The molecule has 0 saturated heterocycles. The van der Waals surface area contributed by atoms with E-state index in [9.17, 15) is 18.4 Å². The van der Waals surface area contributed by atoms with E-state index >= 15 is 0 Å². The number of halogens is 4. The predicted molar refractivity (Wildman–Crippen MR) is 98.6 cm³/mol. The molecule has 0 bridgehead atoms. The van der Waals surface area contributed by atoms with Crippen LogP contribution in [0.15, 0.2) is 27.7 Å². The summed E-state index contributed by atoms with van der Waals surface area (Å²) in [5, 5.41) is 23.2. The minimum Gasteiger partial charge on any atom is -0.397 e. The van der Waals surface area contributed by atoms with Crippen LogP contribution in [-0.4, -0.2) is 10.9 Å². The Hall–Kier alpha value is -3.51. The molecule has 2 heterocycles. The molecule has 1 aliphatic heterocycles. The smallest absolute Gasteiger partial charge is 0.397 e. The number of nitrogens with two attached hydrogens (primary N) is 2. The van der Waals surface area contributed by atoms with Gasteiger partial charge in [0.1, 0.15) is 29.3 Å². The highest BCUT2D eigenvalue weighted by Crippen LogP contribution is 2.43. The number of anilines is 3. The summed E-state index contributed by atoms with van der Waals surface area (Å²) in [6, 6.07) is 3.96. The molecule has 0 aliphatic carbocycles. The van der Waals surface area contributed by atoms with Crippen LogP contribution >= 0.6 is 15.9 Å². The van der Waals surface area contributed by atoms with E-state index in [4.69, 9.17) is 16.7 Å². The zero-order chi connectivity index (χ0) is 20.6. The SMILES string of the molecule is N#CNC1=NC(c2ccc(C(F)(F)F)cc2Br)c2c(nc(N)c(C#N)c2N)N1. The number of pyridine rings is 1. The normalized spacial score (nSPS) is 15.5. The number of aliphatic imine (C=N–C) groups is 1. The highest BCUT2D eigenvalue weighted by atomic mass is 79.9. The summed E-state index contributed by atoms with van der Waals surface area (Å²) >= 11 is 3.13. The summed E-state index contributed by atoms with van der Waals surface area (Å²) in [6.07, 6.45) is -2.83. The molecule has 1 atom stereocenters. The van der Waals surface area contributed by atoms with Crippen LogP contribution in [0.5, 0.6) is 0 Å². The fourth-order valence-corrected chi connectivity index (χ4v) is 3.33. The molecular formula is C16H10BrF3N8. The first-order chi connectivity index (χ1) is 13.2. The summed E-state index contributed by atoms with van der Waals surface area (Å²) in [5.74, 6) is 0.0102. The van der Waals surface area contributed by atoms with Crippen LogP contribution in [0.25, 0.3) is 0 Å². The van der Waals surface area contributed by atoms with Crippen LogP contribution in [0.1, 0.15) is 28.3 Å². The van der Waals surface area contributed by atoms with Crippen molar-refractivity contribution < 1.29 is 13.2 Å². The average Bonchev–Trinajstić information content (AvgIpc) is 2.60. The topological polar surface area (TPSA) is 149 Å². The second kappa shape index (κ2) is 6.90. The fourth-order valence-electron chi connectivity index (χ4n) is 2.73. The monoisotopic (exact) mass is 450 g/mol. The van der Waals surface area contributed by atoms with Crippen LogP contribution in [0.4, 0.5) is 30.5 Å². The lowest BCUT2D eigenvalue weighted by Crippen LogP contribution is -2.32. The molecule has 0 fully saturated rings. The summed E-state index contributed by atoms with van der Waals surface area (Å²) < 4.78 is 39.0. The Bertz CT molecular complexity index is 1080. The quantitative estimate of drug-likeness (QED) is 0.385. The maximum absolute atomic E-state index is 13.0. The average molecular weight is 451 g/mol. The first-order valence-corrected chi connectivity index (χ1v) is 8.32. The van der Waals surface area contributed by atoms with E-state index in [0.29, 0.717) is 5.56 Å². The predicted octanol–water partition coefficient (Wildman–Crippen LogP) is 2.84. The third-order valence-corrected chi connectivity index (χ3v) is 4.67. The summed E-state index contributed by atoms with van der Waals surface area (Å²) in [4.78, 5) is 8.37. The number of nitrogens with one attached hydrogen (secondary N) is 2. The molecule has 1 aromatic heterocycles. The molecule has 8 nitrogen and oxygen atoms in total. The molecule has 1 aromatic carbocycles. The number of aromatic nitrogens is 1. The van der Waals surface area contributed by atoms with Gasteiger partial charge in [0, 0.05) is 10.0 Å². The largest absolute Gasteiger partial charge is 0.416 e. The zero-order valence-corrected chi connectivity index (χ0v) is 15.4. The van der Waals surface area contributed by atoms with Gasteiger partial charge in [-0.15, -0.1) is 0 Å². The number of nitriles is 2. The third kappa shape index (κ3) is 3.25. The number of guanidine groups is 1. The lowest BCUT2D eigenvalue weighted by atomic mass is 9.94. The van der Waals surface area contributed by atoms with Gasteiger partial charge in [0.15, 0.2) is 6.19 Å². The first-order valence-electron chi connectivity index (χ1n) is 7.52. The van der Waals surface area contributed by atoms with E-state index in [-0.39, 0.29) is 38.9 Å². The van der Waals surface area contributed by atoms with Crippen LogP contribution < -0.4 is 22.1 Å². The number of nitrogen functional groups attached to an aromatic ring is 2. The van der Waals surface area contributed by atoms with Crippen molar-refractivity contribution in [3.63, 3.8) is 0 Å². The Balaban J connectivity index is 2.24. The van der Waals surface area contributed by atoms with Crippen LogP contribution in [0.3, 0.4) is 0 Å². The molecule has 142 valence electrons. The van der Waals surface area contributed by atoms with Gasteiger partial charge in [-0.2, -0.15) is 23.7 Å². The molecule has 1 aliphatic rings. The van der Waals surface area contributed by atoms with Crippen molar-refractivity contribution in [1.82, 2.24) is 10.3 Å². The maximum Gasteiger partial charge on any atom is 0.416 e. The summed E-state index contributed by atoms with van der Waals surface area (Å²) in [5.41, 5.74) is 11.5. The molecule has 2 aromatic rings. The van der Waals surface area contributed by atoms with Gasteiger partial charge in [-0.3, -0.25) is 5.32 Å². The second-order valence-electron chi connectivity index (χ2n) is 5.64. The molecule has 6 N–H and O–H groups in total. The van der Waals surface area contributed by atoms with Gasteiger partial charge in [-0.25, -0.2) is 9.98 Å². The maximum atomic E-state index is 13.0. The molecule has 28 heavy (non-hydrogen) atoms. The van der Waals surface area contributed by atoms with Crippen LogP contribution in [0.2, 0.25) is 0 Å². The van der Waals surface area contributed by atoms with Gasteiger partial charge in [-0.1, -0.05) is 22.0 Å². The van der Waals surface area contributed by atoms with E-state index in [2.05, 4.69) is 36.5 Å². The molecule has 12 heteroatoms. The Kier molecular flexibility index (Phi) is 4.75. The number of rotatable bonds is 1. The summed E-state index contributed by atoms with van der Waals surface area (Å²) in [6.45, 7) is 0. The number of fused-ring (bicyclic) bond motifs is 1. The zero-order valence-electron chi connectivity index (χ0n) is 13.8. The highest BCUT2D eigenvalue weighted by Gasteiger charge is 2.34.